The zero-order valence-corrected chi connectivity index (χ0v) is 11.0. The lowest BCUT2D eigenvalue weighted by atomic mass is 10.0. The zero-order valence-electron chi connectivity index (χ0n) is 9.48. The smallest absolute Gasteiger partial charge is 0.198 e. The van der Waals surface area contributed by atoms with Crippen LogP contribution in [0.1, 0.15) is 15.9 Å². The van der Waals surface area contributed by atoms with Gasteiger partial charge in [-0.1, -0.05) is 29.3 Å². The van der Waals surface area contributed by atoms with Gasteiger partial charge in [0.2, 0.25) is 0 Å². The van der Waals surface area contributed by atoms with Crippen LogP contribution >= 0.6 is 23.2 Å². The number of benzene rings is 1. The summed E-state index contributed by atoms with van der Waals surface area (Å²) >= 11 is 11.9. The summed E-state index contributed by atoms with van der Waals surface area (Å²) in [7, 11) is 1.48. The molecule has 0 unspecified atom stereocenters. The Morgan fingerprint density at radius 2 is 2.00 bits per heavy atom. The second-order valence-electron chi connectivity index (χ2n) is 3.51. The molecule has 1 aromatic carbocycles. The third-order valence-corrected chi connectivity index (χ3v) is 3.26. The third kappa shape index (κ3) is 2.33. The highest BCUT2D eigenvalue weighted by Crippen LogP contribution is 2.29. The van der Waals surface area contributed by atoms with E-state index in [1.165, 1.54) is 19.5 Å². The van der Waals surface area contributed by atoms with E-state index in [4.69, 9.17) is 27.9 Å². The molecule has 92 valence electrons. The van der Waals surface area contributed by atoms with Crippen LogP contribution in [0, 0.1) is 0 Å². The fourth-order valence-electron chi connectivity index (χ4n) is 1.55. The molecule has 0 fully saturated rings. The van der Waals surface area contributed by atoms with Crippen LogP contribution in [0.3, 0.4) is 0 Å². The lowest BCUT2D eigenvalue weighted by Crippen LogP contribution is -2.05. The molecule has 0 amide bonds. The summed E-state index contributed by atoms with van der Waals surface area (Å²) in [5, 5.41) is 0.582. The Bertz CT molecular complexity index is 599. The predicted octanol–water partition coefficient (Wildman–Crippen LogP) is 3.63. The Morgan fingerprint density at radius 1 is 1.22 bits per heavy atom. The molecule has 0 aliphatic heterocycles. The van der Waals surface area contributed by atoms with Gasteiger partial charge in [0, 0.05) is 11.8 Å². The van der Waals surface area contributed by atoms with Crippen molar-refractivity contribution in [3.05, 3.63) is 57.8 Å². The van der Waals surface area contributed by atoms with E-state index in [0.717, 1.165) is 0 Å². The van der Waals surface area contributed by atoms with E-state index in [2.05, 4.69) is 4.98 Å². The van der Waals surface area contributed by atoms with Gasteiger partial charge in [0.05, 0.1) is 28.9 Å². The number of carbonyl (C=O) groups is 1. The van der Waals surface area contributed by atoms with Crippen LogP contribution < -0.4 is 4.74 Å². The average molecular weight is 282 g/mol. The van der Waals surface area contributed by atoms with Crippen molar-refractivity contribution in [2.75, 3.05) is 7.11 Å². The van der Waals surface area contributed by atoms with Crippen LogP contribution in [-0.4, -0.2) is 17.9 Å². The Balaban J connectivity index is 2.52. The van der Waals surface area contributed by atoms with Gasteiger partial charge in [0.15, 0.2) is 5.78 Å². The van der Waals surface area contributed by atoms with E-state index in [1.54, 1.807) is 24.3 Å². The molecule has 0 saturated carbocycles. The molecule has 0 spiro atoms. The van der Waals surface area contributed by atoms with Crippen molar-refractivity contribution in [1.29, 1.82) is 0 Å². The van der Waals surface area contributed by atoms with Gasteiger partial charge in [0.1, 0.15) is 5.75 Å². The summed E-state index contributed by atoms with van der Waals surface area (Å²) in [6.07, 6.45) is 3.00. The minimum absolute atomic E-state index is 0.239. The molecule has 0 N–H and O–H groups in total. The highest BCUT2D eigenvalue weighted by Gasteiger charge is 2.18. The number of ketones is 1. The molecule has 2 aromatic rings. The minimum Gasteiger partial charge on any atom is -0.494 e. The second-order valence-corrected chi connectivity index (χ2v) is 4.29. The Labute approximate surface area is 114 Å². The first-order chi connectivity index (χ1) is 8.65. The lowest BCUT2D eigenvalue weighted by Gasteiger charge is -2.08. The lowest BCUT2D eigenvalue weighted by molar-refractivity contribution is 0.103. The number of ether oxygens (including phenoxy) is 1. The number of pyridine rings is 1. The van der Waals surface area contributed by atoms with Gasteiger partial charge in [-0.2, -0.15) is 0 Å². The van der Waals surface area contributed by atoms with E-state index >= 15 is 0 Å². The molecule has 0 radical (unpaired) electrons. The van der Waals surface area contributed by atoms with Crippen molar-refractivity contribution in [3.8, 4) is 5.75 Å². The van der Waals surface area contributed by atoms with Crippen LogP contribution in [-0.2, 0) is 0 Å². The summed E-state index contributed by atoms with van der Waals surface area (Å²) in [6.45, 7) is 0. The van der Waals surface area contributed by atoms with Gasteiger partial charge in [-0.25, -0.2) is 0 Å². The van der Waals surface area contributed by atoms with Crippen LogP contribution in [0.2, 0.25) is 10.0 Å². The largest absolute Gasteiger partial charge is 0.494 e. The van der Waals surface area contributed by atoms with Gasteiger partial charge in [-0.15, -0.1) is 0 Å². The summed E-state index contributed by atoms with van der Waals surface area (Å²) in [6, 6.07) is 6.51. The quantitative estimate of drug-likeness (QED) is 0.807. The fraction of sp³-hybridized carbons (Fsp3) is 0.0769. The third-order valence-electron chi connectivity index (χ3n) is 2.45. The van der Waals surface area contributed by atoms with Gasteiger partial charge in [-0.3, -0.25) is 9.78 Å². The fourth-order valence-corrected chi connectivity index (χ4v) is 1.94. The summed E-state index contributed by atoms with van der Waals surface area (Å²) in [5.41, 5.74) is 0.741. The maximum Gasteiger partial charge on any atom is 0.198 e. The van der Waals surface area contributed by atoms with E-state index in [-0.39, 0.29) is 10.8 Å². The zero-order chi connectivity index (χ0) is 13.1. The van der Waals surface area contributed by atoms with Crippen molar-refractivity contribution in [2.24, 2.45) is 0 Å². The van der Waals surface area contributed by atoms with Crippen molar-refractivity contribution < 1.29 is 9.53 Å². The molecule has 0 aliphatic rings. The summed E-state index contributed by atoms with van der Waals surface area (Å²) in [4.78, 5) is 16.2. The monoisotopic (exact) mass is 281 g/mol. The maximum atomic E-state index is 12.3. The van der Waals surface area contributed by atoms with E-state index in [1.807, 2.05) is 0 Å². The number of rotatable bonds is 3. The highest BCUT2D eigenvalue weighted by atomic mass is 35.5. The van der Waals surface area contributed by atoms with Gasteiger partial charge >= 0.3 is 0 Å². The normalized spacial score (nSPS) is 10.2. The molecule has 0 saturated heterocycles. The molecule has 0 bridgehead atoms. The molecular weight excluding hydrogens is 273 g/mol. The van der Waals surface area contributed by atoms with Gasteiger partial charge in [0.25, 0.3) is 0 Å². The number of hydrogen-bond donors (Lipinski definition) is 0. The molecular formula is C13H9Cl2NO2. The first kappa shape index (κ1) is 12.9. The minimum atomic E-state index is -0.248. The second kappa shape index (κ2) is 5.38. The standard InChI is InChI=1S/C13H9Cl2NO2/c1-18-11-7-16-6-5-8(11)13(17)9-3-2-4-10(14)12(9)15/h2-7H,1H3. The summed E-state index contributed by atoms with van der Waals surface area (Å²) in [5.74, 6) is 0.153. The number of halogens is 2. The van der Waals surface area contributed by atoms with Crippen molar-refractivity contribution in [2.45, 2.75) is 0 Å². The van der Waals surface area contributed by atoms with Gasteiger partial charge < -0.3 is 4.74 Å². The van der Waals surface area contributed by atoms with Crippen molar-refractivity contribution in [1.82, 2.24) is 4.98 Å². The molecule has 3 nitrogen and oxygen atoms in total. The summed E-state index contributed by atoms with van der Waals surface area (Å²) < 4.78 is 5.10. The number of aromatic nitrogens is 1. The van der Waals surface area contributed by atoms with Crippen LogP contribution in [0.5, 0.6) is 5.75 Å². The first-order valence-corrected chi connectivity index (χ1v) is 5.87. The molecule has 0 aliphatic carbocycles. The molecule has 1 heterocycles. The molecule has 18 heavy (non-hydrogen) atoms. The maximum absolute atomic E-state index is 12.3. The number of nitrogens with zero attached hydrogens (tertiary/aromatic N) is 1. The topological polar surface area (TPSA) is 39.2 Å². The first-order valence-electron chi connectivity index (χ1n) is 5.12. The van der Waals surface area contributed by atoms with Crippen LogP contribution in [0.4, 0.5) is 0 Å². The molecule has 0 atom stereocenters. The highest BCUT2D eigenvalue weighted by molar-refractivity contribution is 6.44. The Kier molecular flexibility index (Phi) is 3.84. The van der Waals surface area contributed by atoms with Crippen molar-refractivity contribution in [3.63, 3.8) is 0 Å². The SMILES string of the molecule is COc1cnccc1C(=O)c1cccc(Cl)c1Cl. The van der Waals surface area contributed by atoms with E-state index < -0.39 is 0 Å². The number of hydrogen-bond acceptors (Lipinski definition) is 3. The molecule has 5 heteroatoms. The molecule has 2 rings (SSSR count). The van der Waals surface area contributed by atoms with E-state index in [9.17, 15) is 4.79 Å². The number of carbonyl (C=O) groups excluding carboxylic acids is 1. The van der Waals surface area contributed by atoms with Gasteiger partial charge in [-0.05, 0) is 18.2 Å². The van der Waals surface area contributed by atoms with E-state index in [0.29, 0.717) is 21.9 Å². The Morgan fingerprint density at radius 3 is 2.72 bits per heavy atom. The Hall–Kier alpha value is -1.58. The van der Waals surface area contributed by atoms with Crippen LogP contribution in [0.25, 0.3) is 0 Å². The average Bonchev–Trinajstić information content (AvgIpc) is 2.41. The van der Waals surface area contributed by atoms with Crippen molar-refractivity contribution >= 4 is 29.0 Å². The number of methoxy groups -OCH3 is 1. The predicted molar refractivity (Wildman–Crippen MR) is 70.7 cm³/mol. The van der Waals surface area contributed by atoms with Crippen LogP contribution in [0.15, 0.2) is 36.7 Å². The molecule has 1 aromatic heterocycles.